The molecule has 0 aliphatic carbocycles. The SMILES string of the molecule is O=C1c2ccccc2CN1c1cn[nH]c1. The summed E-state index contributed by atoms with van der Waals surface area (Å²) in [6.45, 7) is 0.633. The summed E-state index contributed by atoms with van der Waals surface area (Å²) in [6, 6.07) is 7.67. The minimum atomic E-state index is 0.0481. The normalized spacial score (nSPS) is 14.4. The van der Waals surface area contributed by atoms with Crippen molar-refractivity contribution in [1.29, 1.82) is 0 Å². The molecule has 15 heavy (non-hydrogen) atoms. The van der Waals surface area contributed by atoms with Crippen LogP contribution >= 0.6 is 0 Å². The van der Waals surface area contributed by atoms with Crippen LogP contribution in [0.2, 0.25) is 0 Å². The second kappa shape index (κ2) is 2.95. The fourth-order valence-electron chi connectivity index (χ4n) is 1.85. The Morgan fingerprint density at radius 2 is 2.20 bits per heavy atom. The van der Waals surface area contributed by atoms with Gasteiger partial charge in [-0.1, -0.05) is 18.2 Å². The molecule has 2 heterocycles. The maximum absolute atomic E-state index is 12.0. The zero-order chi connectivity index (χ0) is 10.3. The number of aromatic amines is 1. The number of anilines is 1. The van der Waals surface area contributed by atoms with E-state index in [0.717, 1.165) is 16.8 Å². The maximum Gasteiger partial charge on any atom is 0.259 e. The minimum absolute atomic E-state index is 0.0481. The molecule has 1 amide bonds. The standard InChI is InChI=1S/C11H9N3O/c15-11-10-4-2-1-3-8(10)7-14(11)9-5-12-13-6-9/h1-6H,7H2,(H,12,13). The first-order chi connectivity index (χ1) is 7.36. The van der Waals surface area contributed by atoms with Crippen LogP contribution in [0.4, 0.5) is 5.69 Å². The van der Waals surface area contributed by atoms with Gasteiger partial charge >= 0.3 is 0 Å². The Hall–Kier alpha value is -2.10. The van der Waals surface area contributed by atoms with E-state index >= 15 is 0 Å². The van der Waals surface area contributed by atoms with Crippen molar-refractivity contribution < 1.29 is 4.79 Å². The van der Waals surface area contributed by atoms with E-state index in [2.05, 4.69) is 10.2 Å². The Labute approximate surface area is 86.5 Å². The van der Waals surface area contributed by atoms with Crippen LogP contribution < -0.4 is 4.90 Å². The number of benzene rings is 1. The highest BCUT2D eigenvalue weighted by Crippen LogP contribution is 2.26. The number of carbonyl (C=O) groups excluding carboxylic acids is 1. The quantitative estimate of drug-likeness (QED) is 0.757. The van der Waals surface area contributed by atoms with Crippen LogP contribution in [0.3, 0.4) is 0 Å². The van der Waals surface area contributed by atoms with Crippen LogP contribution in [0.25, 0.3) is 0 Å². The van der Waals surface area contributed by atoms with Crippen LogP contribution in [0.15, 0.2) is 36.7 Å². The van der Waals surface area contributed by atoms with Gasteiger partial charge in [0.2, 0.25) is 0 Å². The molecule has 0 spiro atoms. The van der Waals surface area contributed by atoms with E-state index in [9.17, 15) is 4.79 Å². The molecular formula is C11H9N3O. The first kappa shape index (κ1) is 8.23. The predicted molar refractivity (Wildman–Crippen MR) is 55.5 cm³/mol. The Morgan fingerprint density at radius 3 is 2.93 bits per heavy atom. The predicted octanol–water partition coefficient (Wildman–Crippen LogP) is 1.57. The molecule has 1 aromatic carbocycles. The Balaban J connectivity index is 2.04. The van der Waals surface area contributed by atoms with Gasteiger partial charge in [0.1, 0.15) is 0 Å². The molecule has 0 saturated carbocycles. The Kier molecular flexibility index (Phi) is 1.62. The molecule has 0 saturated heterocycles. The van der Waals surface area contributed by atoms with Gasteiger partial charge in [-0.05, 0) is 11.6 Å². The number of rotatable bonds is 1. The van der Waals surface area contributed by atoms with E-state index in [1.165, 1.54) is 0 Å². The third-order valence-electron chi connectivity index (χ3n) is 2.62. The largest absolute Gasteiger partial charge is 0.301 e. The van der Waals surface area contributed by atoms with Crippen molar-refractivity contribution >= 4 is 11.6 Å². The number of amides is 1. The van der Waals surface area contributed by atoms with E-state index < -0.39 is 0 Å². The molecule has 1 aliphatic rings. The summed E-state index contributed by atoms with van der Waals surface area (Å²) < 4.78 is 0. The number of nitrogens with zero attached hydrogens (tertiary/aromatic N) is 2. The van der Waals surface area contributed by atoms with Crippen LogP contribution in [-0.2, 0) is 6.54 Å². The van der Waals surface area contributed by atoms with Gasteiger partial charge in [0.15, 0.2) is 0 Å². The number of nitrogens with one attached hydrogen (secondary N) is 1. The number of hydrogen-bond donors (Lipinski definition) is 1. The van der Waals surface area contributed by atoms with Crippen molar-refractivity contribution in [2.75, 3.05) is 4.90 Å². The van der Waals surface area contributed by atoms with Gasteiger partial charge in [-0.3, -0.25) is 9.89 Å². The van der Waals surface area contributed by atoms with Crippen LogP contribution in [0, 0.1) is 0 Å². The molecule has 3 rings (SSSR count). The summed E-state index contributed by atoms with van der Waals surface area (Å²) in [6.07, 6.45) is 3.38. The second-order valence-corrected chi connectivity index (χ2v) is 3.50. The molecule has 2 aromatic rings. The molecule has 1 N–H and O–H groups in total. The van der Waals surface area contributed by atoms with E-state index in [1.807, 2.05) is 24.3 Å². The molecule has 0 atom stereocenters. The summed E-state index contributed by atoms with van der Waals surface area (Å²) in [5.41, 5.74) is 2.68. The lowest BCUT2D eigenvalue weighted by Gasteiger charge is -2.11. The van der Waals surface area contributed by atoms with E-state index in [-0.39, 0.29) is 5.91 Å². The number of carbonyl (C=O) groups is 1. The van der Waals surface area contributed by atoms with Gasteiger partial charge in [-0.2, -0.15) is 5.10 Å². The first-order valence-electron chi connectivity index (χ1n) is 4.75. The highest BCUT2D eigenvalue weighted by Gasteiger charge is 2.28. The molecule has 74 valence electrons. The van der Waals surface area contributed by atoms with Gasteiger partial charge in [0.25, 0.3) is 5.91 Å². The lowest BCUT2D eigenvalue weighted by atomic mass is 10.1. The van der Waals surface area contributed by atoms with Gasteiger partial charge in [-0.25, -0.2) is 0 Å². The Morgan fingerprint density at radius 1 is 1.33 bits per heavy atom. The average molecular weight is 199 g/mol. The third-order valence-corrected chi connectivity index (χ3v) is 2.62. The molecule has 0 fully saturated rings. The summed E-state index contributed by atoms with van der Waals surface area (Å²) in [5.74, 6) is 0.0481. The zero-order valence-electron chi connectivity index (χ0n) is 7.97. The van der Waals surface area contributed by atoms with Crippen molar-refractivity contribution in [2.45, 2.75) is 6.54 Å². The van der Waals surface area contributed by atoms with Crippen LogP contribution in [-0.4, -0.2) is 16.1 Å². The average Bonchev–Trinajstić information content (AvgIpc) is 2.87. The lowest BCUT2D eigenvalue weighted by molar-refractivity contribution is 0.0996. The van der Waals surface area contributed by atoms with Crippen molar-refractivity contribution in [3.8, 4) is 0 Å². The van der Waals surface area contributed by atoms with Gasteiger partial charge < -0.3 is 4.90 Å². The highest BCUT2D eigenvalue weighted by molar-refractivity contribution is 6.09. The fraction of sp³-hybridized carbons (Fsp3) is 0.0909. The molecule has 1 aromatic heterocycles. The number of H-pyrrole nitrogens is 1. The van der Waals surface area contributed by atoms with Gasteiger partial charge in [-0.15, -0.1) is 0 Å². The van der Waals surface area contributed by atoms with Crippen molar-refractivity contribution in [1.82, 2.24) is 10.2 Å². The summed E-state index contributed by atoms with van der Waals surface area (Å²) >= 11 is 0. The fourth-order valence-corrected chi connectivity index (χ4v) is 1.85. The molecule has 0 unspecified atom stereocenters. The third kappa shape index (κ3) is 1.15. The number of hydrogen-bond acceptors (Lipinski definition) is 2. The molecule has 4 nitrogen and oxygen atoms in total. The maximum atomic E-state index is 12.0. The highest BCUT2D eigenvalue weighted by atomic mass is 16.2. The first-order valence-corrected chi connectivity index (χ1v) is 4.75. The molecule has 0 radical (unpaired) electrons. The molecule has 0 bridgehead atoms. The summed E-state index contributed by atoms with van der Waals surface area (Å²) in [7, 11) is 0. The minimum Gasteiger partial charge on any atom is -0.301 e. The summed E-state index contributed by atoms with van der Waals surface area (Å²) in [4.78, 5) is 13.7. The monoisotopic (exact) mass is 199 g/mol. The Bertz CT molecular complexity index is 504. The number of aromatic nitrogens is 2. The smallest absolute Gasteiger partial charge is 0.259 e. The summed E-state index contributed by atoms with van der Waals surface area (Å²) in [5, 5.41) is 6.56. The molecule has 1 aliphatic heterocycles. The number of fused-ring (bicyclic) bond motifs is 1. The second-order valence-electron chi connectivity index (χ2n) is 3.50. The zero-order valence-corrected chi connectivity index (χ0v) is 7.97. The van der Waals surface area contributed by atoms with E-state index in [1.54, 1.807) is 17.3 Å². The van der Waals surface area contributed by atoms with Crippen LogP contribution in [0.1, 0.15) is 15.9 Å². The van der Waals surface area contributed by atoms with Gasteiger partial charge in [0.05, 0.1) is 18.4 Å². The molecule has 4 heteroatoms. The van der Waals surface area contributed by atoms with E-state index in [0.29, 0.717) is 6.54 Å². The van der Waals surface area contributed by atoms with Crippen molar-refractivity contribution in [3.63, 3.8) is 0 Å². The van der Waals surface area contributed by atoms with Crippen molar-refractivity contribution in [3.05, 3.63) is 47.8 Å². The van der Waals surface area contributed by atoms with E-state index in [4.69, 9.17) is 0 Å². The van der Waals surface area contributed by atoms with Crippen molar-refractivity contribution in [2.24, 2.45) is 0 Å². The van der Waals surface area contributed by atoms with Crippen LogP contribution in [0.5, 0.6) is 0 Å². The lowest BCUT2D eigenvalue weighted by Crippen LogP contribution is -2.22. The topological polar surface area (TPSA) is 49.0 Å². The molecular weight excluding hydrogens is 190 g/mol. The van der Waals surface area contributed by atoms with Gasteiger partial charge in [0, 0.05) is 11.8 Å².